The van der Waals surface area contributed by atoms with Crippen LogP contribution in [0.2, 0.25) is 0 Å². The molecule has 3 rings (SSSR count). The number of nitro groups is 1. The van der Waals surface area contributed by atoms with Gasteiger partial charge in [0.2, 0.25) is 0 Å². The molecule has 0 saturated heterocycles. The van der Waals surface area contributed by atoms with Crippen molar-refractivity contribution in [2.45, 2.75) is 39.9 Å². The average Bonchev–Trinajstić information content (AvgIpc) is 2.69. The van der Waals surface area contributed by atoms with Crippen molar-refractivity contribution < 1.29 is 28.7 Å². The van der Waals surface area contributed by atoms with E-state index < -0.39 is 10.9 Å². The first kappa shape index (κ1) is 20.6. The third kappa shape index (κ3) is 5.03. The number of benzene rings is 2. The lowest BCUT2D eigenvalue weighted by atomic mass is 10.0. The van der Waals surface area contributed by atoms with Gasteiger partial charge >= 0.3 is 5.97 Å². The Balaban J connectivity index is 1.67. The number of non-ortho nitro benzene ring substituents is 1. The van der Waals surface area contributed by atoms with Crippen LogP contribution < -0.4 is 9.47 Å². The second-order valence-corrected chi connectivity index (χ2v) is 7.11. The van der Waals surface area contributed by atoms with Gasteiger partial charge in [0.15, 0.2) is 13.4 Å². The minimum atomic E-state index is -0.575. The predicted octanol–water partition coefficient (Wildman–Crippen LogP) is 4.02. The number of hydrogen-bond donors (Lipinski definition) is 0. The van der Waals surface area contributed by atoms with Crippen molar-refractivity contribution in [3.05, 3.63) is 62.7 Å². The molecule has 0 aromatic heterocycles. The molecule has 0 fully saturated rings. The molecule has 0 N–H and O–H groups in total. The van der Waals surface area contributed by atoms with Crippen LogP contribution in [0.3, 0.4) is 0 Å². The molecule has 0 bridgehead atoms. The van der Waals surface area contributed by atoms with Crippen LogP contribution in [-0.2, 0) is 27.5 Å². The molecule has 8 nitrogen and oxygen atoms in total. The minimum Gasteiger partial charge on any atom is -0.482 e. The van der Waals surface area contributed by atoms with E-state index in [2.05, 4.69) is 0 Å². The maximum atomic E-state index is 12.2. The van der Waals surface area contributed by atoms with Gasteiger partial charge in [0.25, 0.3) is 5.69 Å². The fraction of sp³-hybridized carbons (Fsp3) is 0.381. The molecule has 154 valence electrons. The molecule has 0 saturated carbocycles. The number of fused-ring (bicyclic) bond motifs is 1. The Bertz CT molecular complexity index is 923. The molecule has 0 atom stereocenters. The molecule has 1 aliphatic heterocycles. The molecule has 8 heteroatoms. The largest absolute Gasteiger partial charge is 0.482 e. The number of aryl methyl sites for hydroxylation is 1. The summed E-state index contributed by atoms with van der Waals surface area (Å²) in [7, 11) is 0. The number of nitro benzene ring substituents is 1. The first-order valence-electron chi connectivity index (χ1n) is 9.25. The highest BCUT2D eigenvalue weighted by atomic mass is 16.7. The highest BCUT2D eigenvalue weighted by Crippen LogP contribution is 2.33. The normalized spacial score (nSPS) is 12.8. The van der Waals surface area contributed by atoms with Crippen molar-refractivity contribution in [1.82, 2.24) is 0 Å². The number of carbonyl (C=O) groups is 1. The van der Waals surface area contributed by atoms with Crippen LogP contribution in [-0.4, -0.2) is 24.3 Å². The molecular formula is C21H23NO7. The van der Waals surface area contributed by atoms with Gasteiger partial charge in [-0.3, -0.25) is 10.1 Å². The molecule has 0 aliphatic carbocycles. The molecule has 0 unspecified atom stereocenters. The van der Waals surface area contributed by atoms with Crippen molar-refractivity contribution in [1.29, 1.82) is 0 Å². The van der Waals surface area contributed by atoms with Crippen molar-refractivity contribution in [2.24, 2.45) is 0 Å². The Morgan fingerprint density at radius 2 is 2.07 bits per heavy atom. The van der Waals surface area contributed by atoms with Gasteiger partial charge in [-0.05, 0) is 30.0 Å². The highest BCUT2D eigenvalue weighted by Gasteiger charge is 2.22. The van der Waals surface area contributed by atoms with Gasteiger partial charge in [0.05, 0.1) is 11.5 Å². The Kier molecular flexibility index (Phi) is 6.33. The molecule has 0 amide bonds. The molecule has 29 heavy (non-hydrogen) atoms. The van der Waals surface area contributed by atoms with E-state index >= 15 is 0 Å². The Labute approximate surface area is 168 Å². The summed E-state index contributed by atoms with van der Waals surface area (Å²) < 4.78 is 21.5. The van der Waals surface area contributed by atoms with Gasteiger partial charge in [-0.25, -0.2) is 4.79 Å². The maximum absolute atomic E-state index is 12.2. The van der Waals surface area contributed by atoms with Crippen LogP contribution in [0.25, 0.3) is 0 Å². The van der Waals surface area contributed by atoms with E-state index in [0.29, 0.717) is 22.6 Å². The average molecular weight is 401 g/mol. The van der Waals surface area contributed by atoms with Crippen LogP contribution >= 0.6 is 0 Å². The zero-order valence-corrected chi connectivity index (χ0v) is 16.6. The molecule has 1 heterocycles. The van der Waals surface area contributed by atoms with Crippen LogP contribution in [0.15, 0.2) is 30.3 Å². The molecule has 0 radical (unpaired) electrons. The Morgan fingerprint density at radius 3 is 2.79 bits per heavy atom. The third-order valence-corrected chi connectivity index (χ3v) is 4.51. The molecule has 2 aromatic rings. The number of esters is 1. The summed E-state index contributed by atoms with van der Waals surface area (Å²) >= 11 is 0. The van der Waals surface area contributed by atoms with Crippen molar-refractivity contribution in [2.75, 3.05) is 13.4 Å². The quantitative estimate of drug-likeness (QED) is 0.393. The van der Waals surface area contributed by atoms with Gasteiger partial charge in [0.1, 0.15) is 18.1 Å². The second kappa shape index (κ2) is 8.91. The lowest BCUT2D eigenvalue weighted by Gasteiger charge is -2.20. The number of carbonyl (C=O) groups excluding carboxylic acids is 1. The Hall–Kier alpha value is -3.13. The van der Waals surface area contributed by atoms with E-state index in [1.165, 1.54) is 12.1 Å². The Morgan fingerprint density at radius 1 is 1.28 bits per heavy atom. The molecule has 1 aliphatic rings. The first-order valence-corrected chi connectivity index (χ1v) is 9.25. The zero-order valence-electron chi connectivity index (χ0n) is 16.6. The SMILES string of the molecule is Cc1ccc(C(C)C)c(OCC(=O)OCc2cc([N+](=O)[O-])cc3c2OCOC3)c1. The summed E-state index contributed by atoms with van der Waals surface area (Å²) in [6.45, 7) is 5.87. The van der Waals surface area contributed by atoms with Crippen LogP contribution in [0, 0.1) is 17.0 Å². The lowest BCUT2D eigenvalue weighted by molar-refractivity contribution is -0.385. The number of ether oxygens (including phenoxy) is 4. The van der Waals surface area contributed by atoms with Crippen LogP contribution in [0.1, 0.15) is 42.0 Å². The predicted molar refractivity (Wildman–Crippen MR) is 104 cm³/mol. The summed E-state index contributed by atoms with van der Waals surface area (Å²) in [6, 6.07) is 8.60. The summed E-state index contributed by atoms with van der Waals surface area (Å²) in [5.74, 6) is 0.771. The summed E-state index contributed by atoms with van der Waals surface area (Å²) in [5, 5.41) is 11.1. The molecule has 0 spiro atoms. The second-order valence-electron chi connectivity index (χ2n) is 7.11. The van der Waals surface area contributed by atoms with Crippen molar-refractivity contribution >= 4 is 11.7 Å². The zero-order chi connectivity index (χ0) is 21.0. The van der Waals surface area contributed by atoms with E-state index in [-0.39, 0.29) is 38.2 Å². The number of hydrogen-bond acceptors (Lipinski definition) is 7. The maximum Gasteiger partial charge on any atom is 0.344 e. The summed E-state index contributed by atoms with van der Waals surface area (Å²) in [6.07, 6.45) is 0. The first-order chi connectivity index (χ1) is 13.8. The van der Waals surface area contributed by atoms with Crippen molar-refractivity contribution in [3.63, 3.8) is 0 Å². The number of nitrogens with zero attached hydrogens (tertiary/aromatic N) is 1. The molecule has 2 aromatic carbocycles. The van der Waals surface area contributed by atoms with Gasteiger partial charge in [0, 0.05) is 23.3 Å². The molecular weight excluding hydrogens is 378 g/mol. The van der Waals surface area contributed by atoms with E-state index in [0.717, 1.165) is 11.1 Å². The van der Waals surface area contributed by atoms with Gasteiger partial charge in [-0.2, -0.15) is 0 Å². The fourth-order valence-corrected chi connectivity index (χ4v) is 3.07. The van der Waals surface area contributed by atoms with E-state index in [4.69, 9.17) is 18.9 Å². The lowest BCUT2D eigenvalue weighted by Crippen LogP contribution is -2.17. The van der Waals surface area contributed by atoms with Gasteiger partial charge in [-0.1, -0.05) is 26.0 Å². The summed E-state index contributed by atoms with van der Waals surface area (Å²) in [4.78, 5) is 22.8. The topological polar surface area (TPSA) is 97.1 Å². The highest BCUT2D eigenvalue weighted by molar-refractivity contribution is 5.71. The van der Waals surface area contributed by atoms with Crippen LogP contribution in [0.5, 0.6) is 11.5 Å². The number of rotatable bonds is 7. The monoisotopic (exact) mass is 401 g/mol. The summed E-state index contributed by atoms with van der Waals surface area (Å²) in [5.41, 5.74) is 2.89. The standard InChI is InChI=1S/C21H23NO7/c1-13(2)18-5-4-14(3)6-19(18)27-11-20(23)28-10-16-8-17(22(24)25)7-15-9-26-12-29-21(15)16/h4-8,13H,9-12H2,1-3H3. The van der Waals surface area contributed by atoms with Crippen molar-refractivity contribution in [3.8, 4) is 11.5 Å². The van der Waals surface area contributed by atoms with E-state index in [1.54, 1.807) is 0 Å². The van der Waals surface area contributed by atoms with E-state index in [9.17, 15) is 14.9 Å². The van der Waals surface area contributed by atoms with Crippen LogP contribution in [0.4, 0.5) is 5.69 Å². The third-order valence-electron chi connectivity index (χ3n) is 4.51. The van der Waals surface area contributed by atoms with Gasteiger partial charge in [-0.15, -0.1) is 0 Å². The van der Waals surface area contributed by atoms with E-state index in [1.807, 2.05) is 39.0 Å². The van der Waals surface area contributed by atoms with Gasteiger partial charge < -0.3 is 18.9 Å². The smallest absolute Gasteiger partial charge is 0.344 e. The fourth-order valence-electron chi connectivity index (χ4n) is 3.07. The minimum absolute atomic E-state index is 0.0419.